The number of alkyl halides is 2. The van der Waals surface area contributed by atoms with E-state index in [4.69, 9.17) is 4.52 Å². The Hall–Kier alpha value is -2.11. The van der Waals surface area contributed by atoms with Gasteiger partial charge < -0.3 is 4.52 Å². The van der Waals surface area contributed by atoms with Crippen LogP contribution < -0.4 is 0 Å². The molecule has 0 unspecified atom stereocenters. The van der Waals surface area contributed by atoms with Crippen LogP contribution in [0.5, 0.6) is 0 Å². The number of Topliss-reactive ketones (excluding diaryl/α,β-unsaturated/α-hetero) is 1. The molecule has 3 rings (SSSR count). The summed E-state index contributed by atoms with van der Waals surface area (Å²) in [6.45, 7) is 0. The Morgan fingerprint density at radius 3 is 2.55 bits per heavy atom. The molecule has 0 atom stereocenters. The van der Waals surface area contributed by atoms with Crippen molar-refractivity contribution in [1.82, 2.24) is 10.1 Å². The first-order chi connectivity index (χ1) is 9.63. The largest absolute Gasteiger partial charge is 0.339 e. The van der Waals surface area contributed by atoms with Crippen LogP contribution in [-0.4, -0.2) is 22.3 Å². The second kappa shape index (κ2) is 5.11. The number of rotatable bonds is 4. The summed E-state index contributed by atoms with van der Waals surface area (Å²) in [6, 6.07) is 8.06. The predicted octanol–water partition coefficient (Wildman–Crippen LogP) is 2.33. The molecule has 0 N–H and O–H groups in total. The quantitative estimate of drug-likeness (QED) is 0.861. The third-order valence-corrected chi connectivity index (χ3v) is 3.47. The fraction of sp³-hybridized carbons (Fsp3) is 0.357. The van der Waals surface area contributed by atoms with Gasteiger partial charge >= 0.3 is 0 Å². The molecule has 104 valence electrons. The van der Waals surface area contributed by atoms with Crippen molar-refractivity contribution >= 4 is 5.78 Å². The summed E-state index contributed by atoms with van der Waals surface area (Å²) in [5.74, 6) is -0.666. The standard InChI is InChI=1S/C14H12F2N2O2/c15-13(16)11(19)7-12-17-14(18-20-12)10-5-8-3-1-2-4-9(8)6-10/h1-4,10,13H,5-7H2. The van der Waals surface area contributed by atoms with Crippen molar-refractivity contribution in [3.05, 3.63) is 47.1 Å². The highest BCUT2D eigenvalue weighted by atomic mass is 19.3. The molecule has 0 saturated heterocycles. The van der Waals surface area contributed by atoms with Crippen molar-refractivity contribution in [2.75, 3.05) is 0 Å². The van der Waals surface area contributed by atoms with Crippen LogP contribution in [0.3, 0.4) is 0 Å². The predicted molar refractivity (Wildman–Crippen MR) is 65.6 cm³/mol. The third kappa shape index (κ3) is 2.45. The van der Waals surface area contributed by atoms with Crippen LogP contribution in [0.4, 0.5) is 8.78 Å². The molecule has 1 aromatic heterocycles. The van der Waals surface area contributed by atoms with Crippen LogP contribution >= 0.6 is 0 Å². The zero-order valence-electron chi connectivity index (χ0n) is 10.6. The van der Waals surface area contributed by atoms with Gasteiger partial charge in [0.1, 0.15) is 0 Å². The molecule has 0 radical (unpaired) electrons. The molecule has 4 nitrogen and oxygen atoms in total. The van der Waals surface area contributed by atoms with Gasteiger partial charge in [0.15, 0.2) is 5.82 Å². The Labute approximate surface area is 113 Å². The smallest absolute Gasteiger partial charge is 0.296 e. The SMILES string of the molecule is O=C(Cc1nc(C2Cc3ccccc3C2)no1)C(F)F. The van der Waals surface area contributed by atoms with Gasteiger partial charge in [0, 0.05) is 5.92 Å². The summed E-state index contributed by atoms with van der Waals surface area (Å²) >= 11 is 0. The lowest BCUT2D eigenvalue weighted by atomic mass is 10.1. The van der Waals surface area contributed by atoms with E-state index in [1.807, 2.05) is 12.1 Å². The van der Waals surface area contributed by atoms with E-state index in [2.05, 4.69) is 22.3 Å². The average molecular weight is 278 g/mol. The van der Waals surface area contributed by atoms with Gasteiger partial charge in [-0.3, -0.25) is 4.79 Å². The van der Waals surface area contributed by atoms with E-state index >= 15 is 0 Å². The van der Waals surface area contributed by atoms with Gasteiger partial charge in [-0.2, -0.15) is 4.98 Å². The van der Waals surface area contributed by atoms with Gasteiger partial charge in [-0.15, -0.1) is 0 Å². The number of carbonyl (C=O) groups excluding carboxylic acids is 1. The Kier molecular flexibility index (Phi) is 3.30. The first kappa shape index (κ1) is 12.9. The molecule has 0 saturated carbocycles. The monoisotopic (exact) mass is 278 g/mol. The second-order valence-electron chi connectivity index (χ2n) is 4.86. The van der Waals surface area contributed by atoms with Crippen molar-refractivity contribution in [2.45, 2.75) is 31.6 Å². The molecule has 2 aromatic rings. The summed E-state index contributed by atoms with van der Waals surface area (Å²) in [6.07, 6.45) is -1.90. The van der Waals surface area contributed by atoms with Crippen LogP contribution in [0.15, 0.2) is 28.8 Å². The minimum Gasteiger partial charge on any atom is -0.339 e. The molecule has 1 heterocycles. The van der Waals surface area contributed by atoms with Crippen LogP contribution in [0.2, 0.25) is 0 Å². The number of aromatic nitrogens is 2. The van der Waals surface area contributed by atoms with E-state index in [0.29, 0.717) is 5.82 Å². The number of nitrogens with zero attached hydrogens (tertiary/aromatic N) is 2. The van der Waals surface area contributed by atoms with E-state index in [0.717, 1.165) is 12.8 Å². The Balaban J connectivity index is 1.71. The van der Waals surface area contributed by atoms with Crippen molar-refractivity contribution in [3.63, 3.8) is 0 Å². The first-order valence-corrected chi connectivity index (χ1v) is 6.33. The molecule has 0 aliphatic heterocycles. The zero-order valence-corrected chi connectivity index (χ0v) is 10.6. The number of benzene rings is 1. The topological polar surface area (TPSA) is 56.0 Å². The number of carbonyl (C=O) groups is 1. The highest BCUT2D eigenvalue weighted by Gasteiger charge is 2.27. The van der Waals surface area contributed by atoms with E-state index in [1.165, 1.54) is 11.1 Å². The molecule has 1 aliphatic carbocycles. The van der Waals surface area contributed by atoms with Crippen molar-refractivity contribution in [2.24, 2.45) is 0 Å². The molecule has 1 aliphatic rings. The van der Waals surface area contributed by atoms with E-state index in [9.17, 15) is 13.6 Å². The summed E-state index contributed by atoms with van der Waals surface area (Å²) in [5.41, 5.74) is 2.49. The number of hydrogen-bond donors (Lipinski definition) is 0. The number of halogens is 2. The number of ketones is 1. The van der Waals surface area contributed by atoms with Gasteiger partial charge in [0.25, 0.3) is 6.43 Å². The number of hydrogen-bond acceptors (Lipinski definition) is 4. The average Bonchev–Trinajstić information content (AvgIpc) is 3.03. The van der Waals surface area contributed by atoms with Gasteiger partial charge in [-0.25, -0.2) is 8.78 Å². The molecule has 0 fully saturated rings. The van der Waals surface area contributed by atoms with E-state index < -0.39 is 18.6 Å². The molecule has 20 heavy (non-hydrogen) atoms. The molecule has 0 bridgehead atoms. The van der Waals surface area contributed by atoms with E-state index in [1.54, 1.807) is 0 Å². The molecular weight excluding hydrogens is 266 g/mol. The van der Waals surface area contributed by atoms with Gasteiger partial charge in [0.2, 0.25) is 11.7 Å². The molecular formula is C14H12F2N2O2. The van der Waals surface area contributed by atoms with Crippen molar-refractivity contribution < 1.29 is 18.1 Å². The molecule has 1 aromatic carbocycles. The second-order valence-corrected chi connectivity index (χ2v) is 4.86. The van der Waals surface area contributed by atoms with Crippen molar-refractivity contribution in [3.8, 4) is 0 Å². The minimum atomic E-state index is -3.00. The summed E-state index contributed by atoms with van der Waals surface area (Å²) < 4.78 is 29.2. The van der Waals surface area contributed by atoms with Crippen LogP contribution in [0.1, 0.15) is 28.8 Å². The molecule has 0 spiro atoms. The summed E-state index contributed by atoms with van der Waals surface area (Å²) in [7, 11) is 0. The number of fused-ring (bicyclic) bond motifs is 1. The van der Waals surface area contributed by atoms with Crippen molar-refractivity contribution in [1.29, 1.82) is 0 Å². The highest BCUT2D eigenvalue weighted by molar-refractivity contribution is 5.82. The Bertz CT molecular complexity index is 615. The van der Waals surface area contributed by atoms with Crippen LogP contribution in [-0.2, 0) is 24.1 Å². The third-order valence-electron chi connectivity index (χ3n) is 3.47. The minimum absolute atomic E-state index is 0.0405. The van der Waals surface area contributed by atoms with Crippen LogP contribution in [0.25, 0.3) is 0 Å². The molecule has 6 heteroatoms. The van der Waals surface area contributed by atoms with Crippen LogP contribution in [0, 0.1) is 0 Å². The van der Waals surface area contributed by atoms with Gasteiger partial charge in [-0.05, 0) is 24.0 Å². The summed E-state index contributed by atoms with van der Waals surface area (Å²) in [4.78, 5) is 15.0. The lowest BCUT2D eigenvalue weighted by Crippen LogP contribution is -2.13. The zero-order chi connectivity index (χ0) is 14.1. The maximum atomic E-state index is 12.2. The maximum Gasteiger partial charge on any atom is 0.296 e. The lowest BCUT2D eigenvalue weighted by Gasteiger charge is -2.00. The van der Waals surface area contributed by atoms with Gasteiger partial charge in [0.05, 0.1) is 6.42 Å². The first-order valence-electron chi connectivity index (χ1n) is 6.33. The van der Waals surface area contributed by atoms with Gasteiger partial charge in [-0.1, -0.05) is 29.4 Å². The lowest BCUT2D eigenvalue weighted by molar-refractivity contribution is -0.129. The fourth-order valence-corrected chi connectivity index (χ4v) is 2.47. The summed E-state index contributed by atoms with van der Waals surface area (Å²) in [5, 5.41) is 3.81. The normalized spacial score (nSPS) is 14.8. The highest BCUT2D eigenvalue weighted by Crippen LogP contribution is 2.32. The molecule has 0 amide bonds. The fourth-order valence-electron chi connectivity index (χ4n) is 2.47. The van der Waals surface area contributed by atoms with E-state index in [-0.39, 0.29) is 11.8 Å². The maximum absolute atomic E-state index is 12.2. The Morgan fingerprint density at radius 2 is 1.95 bits per heavy atom. The Morgan fingerprint density at radius 1 is 1.30 bits per heavy atom.